The highest BCUT2D eigenvalue weighted by atomic mass is 79.9. The molecule has 1 nitrogen and oxygen atoms in total. The van der Waals surface area contributed by atoms with Gasteiger partial charge in [0.2, 0.25) is 0 Å². The molecule has 0 aromatic heterocycles. The Morgan fingerprint density at radius 3 is 2.55 bits per heavy atom. The maximum atomic E-state index is 13.5. The third kappa shape index (κ3) is 2.70. The minimum Gasteiger partial charge on any atom is -0.380 e. The molecule has 1 saturated carbocycles. The average molecular weight is 338 g/mol. The van der Waals surface area contributed by atoms with Crippen molar-refractivity contribution < 1.29 is 8.78 Å². The van der Waals surface area contributed by atoms with Crippen LogP contribution < -0.4 is 5.32 Å². The normalized spacial score (nSPS) is 21.4. The van der Waals surface area contributed by atoms with E-state index in [4.69, 9.17) is 0 Å². The van der Waals surface area contributed by atoms with Crippen molar-refractivity contribution in [1.29, 1.82) is 0 Å². The number of halogens is 3. The summed E-state index contributed by atoms with van der Waals surface area (Å²) < 4.78 is 27.8. The zero-order chi connectivity index (χ0) is 14.1. The van der Waals surface area contributed by atoms with E-state index in [1.54, 1.807) is 0 Å². The number of anilines is 1. The van der Waals surface area contributed by atoms with Crippen molar-refractivity contribution in [2.45, 2.75) is 24.8 Å². The van der Waals surface area contributed by atoms with Crippen molar-refractivity contribution in [3.05, 3.63) is 64.1 Å². The summed E-state index contributed by atoms with van der Waals surface area (Å²) in [5.41, 5.74) is 1.53. The highest BCUT2D eigenvalue weighted by Gasteiger charge is 2.31. The van der Waals surface area contributed by atoms with Crippen LogP contribution in [0.3, 0.4) is 0 Å². The van der Waals surface area contributed by atoms with Crippen molar-refractivity contribution >= 4 is 21.6 Å². The third-order valence-electron chi connectivity index (χ3n) is 3.77. The second-order valence-electron chi connectivity index (χ2n) is 5.16. The summed E-state index contributed by atoms with van der Waals surface area (Å²) in [5.74, 6) is -0.356. The quantitative estimate of drug-likeness (QED) is 0.822. The van der Waals surface area contributed by atoms with E-state index in [0.717, 1.165) is 29.4 Å². The number of nitrogens with one attached hydrogen (secondary N) is 1. The van der Waals surface area contributed by atoms with Gasteiger partial charge in [0.1, 0.15) is 11.6 Å². The van der Waals surface area contributed by atoms with E-state index < -0.39 is 11.6 Å². The Labute approximate surface area is 125 Å². The van der Waals surface area contributed by atoms with Crippen LogP contribution in [0.15, 0.2) is 46.9 Å². The van der Waals surface area contributed by atoms with Crippen LogP contribution in [0.5, 0.6) is 0 Å². The Kier molecular flexibility index (Phi) is 3.74. The van der Waals surface area contributed by atoms with E-state index in [1.807, 2.05) is 18.2 Å². The van der Waals surface area contributed by atoms with Crippen molar-refractivity contribution in [2.75, 3.05) is 5.32 Å². The number of hydrogen-bond donors (Lipinski definition) is 1. The van der Waals surface area contributed by atoms with Gasteiger partial charge in [-0.1, -0.05) is 34.1 Å². The third-order valence-corrected chi connectivity index (χ3v) is 4.49. The lowest BCUT2D eigenvalue weighted by Gasteiger charge is -2.37. The van der Waals surface area contributed by atoms with Gasteiger partial charge in [-0.25, -0.2) is 8.78 Å². The number of benzene rings is 2. The van der Waals surface area contributed by atoms with Crippen molar-refractivity contribution in [2.24, 2.45) is 0 Å². The summed E-state index contributed by atoms with van der Waals surface area (Å²) in [6.45, 7) is 0. The Morgan fingerprint density at radius 2 is 1.80 bits per heavy atom. The molecule has 20 heavy (non-hydrogen) atoms. The smallest absolute Gasteiger partial charge is 0.146 e. The van der Waals surface area contributed by atoms with E-state index in [1.165, 1.54) is 11.6 Å². The van der Waals surface area contributed by atoms with Gasteiger partial charge < -0.3 is 5.32 Å². The molecule has 4 heteroatoms. The van der Waals surface area contributed by atoms with E-state index in [-0.39, 0.29) is 11.7 Å². The molecule has 1 N–H and O–H groups in total. The first-order valence-corrected chi connectivity index (χ1v) is 7.39. The van der Waals surface area contributed by atoms with Gasteiger partial charge in [0, 0.05) is 10.5 Å². The molecular weight excluding hydrogens is 324 g/mol. The van der Waals surface area contributed by atoms with E-state index in [2.05, 4.69) is 27.3 Å². The molecule has 0 saturated heterocycles. The zero-order valence-electron chi connectivity index (χ0n) is 10.7. The van der Waals surface area contributed by atoms with Crippen LogP contribution in [0.1, 0.15) is 24.3 Å². The lowest BCUT2D eigenvalue weighted by atomic mass is 9.76. The fourth-order valence-electron chi connectivity index (χ4n) is 2.62. The highest BCUT2D eigenvalue weighted by Crippen LogP contribution is 2.41. The summed E-state index contributed by atoms with van der Waals surface area (Å²) in [4.78, 5) is 0. The lowest BCUT2D eigenvalue weighted by molar-refractivity contribution is 0.371. The molecular formula is C16H14BrF2N. The highest BCUT2D eigenvalue weighted by molar-refractivity contribution is 9.10. The minimum absolute atomic E-state index is 0.198. The Balaban J connectivity index is 1.64. The molecule has 3 rings (SSSR count). The topological polar surface area (TPSA) is 12.0 Å². The molecule has 0 heterocycles. The molecule has 0 atom stereocenters. The van der Waals surface area contributed by atoms with E-state index in [9.17, 15) is 8.78 Å². The van der Waals surface area contributed by atoms with Crippen LogP contribution in [0, 0.1) is 11.6 Å². The first-order valence-electron chi connectivity index (χ1n) is 6.59. The summed E-state index contributed by atoms with van der Waals surface area (Å²) in [5, 5.41) is 3.08. The SMILES string of the molecule is Fc1ccc(F)c(NC2CC(c3ccccc3Br)C2)c1. The van der Waals surface area contributed by atoms with Gasteiger partial charge in [-0.3, -0.25) is 0 Å². The number of hydrogen-bond acceptors (Lipinski definition) is 1. The van der Waals surface area contributed by atoms with Crippen LogP contribution >= 0.6 is 15.9 Å². The Bertz CT molecular complexity index is 624. The van der Waals surface area contributed by atoms with Crippen LogP contribution in [0.2, 0.25) is 0 Å². The minimum atomic E-state index is -0.421. The molecule has 1 fully saturated rings. The molecule has 1 aliphatic rings. The number of rotatable bonds is 3. The molecule has 0 amide bonds. The second-order valence-corrected chi connectivity index (χ2v) is 6.01. The van der Waals surface area contributed by atoms with Gasteiger partial charge in [-0.2, -0.15) is 0 Å². The maximum absolute atomic E-state index is 13.5. The van der Waals surface area contributed by atoms with Crippen LogP contribution in [-0.2, 0) is 0 Å². The molecule has 0 spiro atoms. The molecule has 0 aliphatic heterocycles. The van der Waals surface area contributed by atoms with Gasteiger partial charge >= 0.3 is 0 Å². The fraction of sp³-hybridized carbons (Fsp3) is 0.250. The van der Waals surface area contributed by atoms with Gasteiger partial charge in [-0.15, -0.1) is 0 Å². The molecule has 0 unspecified atom stereocenters. The van der Waals surface area contributed by atoms with Crippen LogP contribution in [0.25, 0.3) is 0 Å². The summed E-state index contributed by atoms with van der Waals surface area (Å²) in [6.07, 6.45) is 1.86. The Morgan fingerprint density at radius 1 is 1.05 bits per heavy atom. The molecule has 104 valence electrons. The summed E-state index contributed by atoms with van der Waals surface area (Å²) >= 11 is 3.55. The summed E-state index contributed by atoms with van der Waals surface area (Å²) in [6, 6.07) is 11.8. The summed E-state index contributed by atoms with van der Waals surface area (Å²) in [7, 11) is 0. The van der Waals surface area contributed by atoms with Crippen molar-refractivity contribution in [3.63, 3.8) is 0 Å². The molecule has 2 aromatic carbocycles. The van der Waals surface area contributed by atoms with E-state index in [0.29, 0.717) is 5.92 Å². The molecule has 2 aromatic rings. The Hall–Kier alpha value is -1.42. The van der Waals surface area contributed by atoms with Gasteiger partial charge in [0.25, 0.3) is 0 Å². The van der Waals surface area contributed by atoms with Crippen molar-refractivity contribution in [1.82, 2.24) is 0 Å². The van der Waals surface area contributed by atoms with Gasteiger partial charge in [-0.05, 0) is 48.6 Å². The predicted molar refractivity (Wildman–Crippen MR) is 79.9 cm³/mol. The largest absolute Gasteiger partial charge is 0.380 e. The monoisotopic (exact) mass is 337 g/mol. The van der Waals surface area contributed by atoms with Gasteiger partial charge in [0.15, 0.2) is 0 Å². The fourth-order valence-corrected chi connectivity index (χ4v) is 3.23. The predicted octanol–water partition coefficient (Wildman–Crippen LogP) is 5.09. The van der Waals surface area contributed by atoms with Gasteiger partial charge in [0.05, 0.1) is 5.69 Å². The maximum Gasteiger partial charge on any atom is 0.146 e. The standard InChI is InChI=1S/C16H14BrF2N/c17-14-4-2-1-3-13(14)10-7-12(8-10)20-16-9-11(18)5-6-15(16)19/h1-6,9-10,12,20H,7-8H2. The second kappa shape index (κ2) is 5.52. The molecule has 0 bridgehead atoms. The lowest BCUT2D eigenvalue weighted by Crippen LogP contribution is -2.34. The average Bonchev–Trinajstić information content (AvgIpc) is 2.38. The first-order chi connectivity index (χ1) is 9.63. The van der Waals surface area contributed by atoms with E-state index >= 15 is 0 Å². The zero-order valence-corrected chi connectivity index (χ0v) is 12.3. The first kappa shape index (κ1) is 13.6. The van der Waals surface area contributed by atoms with Crippen LogP contribution in [0.4, 0.5) is 14.5 Å². The molecule has 1 aliphatic carbocycles. The van der Waals surface area contributed by atoms with Crippen LogP contribution in [-0.4, -0.2) is 6.04 Å². The van der Waals surface area contributed by atoms with Crippen molar-refractivity contribution in [3.8, 4) is 0 Å². The molecule has 0 radical (unpaired) electrons.